The minimum atomic E-state index is -1.34. The summed E-state index contributed by atoms with van der Waals surface area (Å²) < 4.78 is 0. The summed E-state index contributed by atoms with van der Waals surface area (Å²) >= 11 is 0. The molecule has 1 aliphatic rings. The van der Waals surface area contributed by atoms with E-state index < -0.39 is 30.5 Å². The van der Waals surface area contributed by atoms with Gasteiger partial charge < -0.3 is 26.2 Å². The molecule has 5 atom stereocenters. The largest absolute Gasteiger partial charge is 0.390 e. The van der Waals surface area contributed by atoms with Crippen molar-refractivity contribution in [2.45, 2.75) is 36.9 Å². The van der Waals surface area contributed by atoms with Crippen LogP contribution in [0.3, 0.4) is 0 Å². The molecule has 1 rings (SSSR count). The van der Waals surface area contributed by atoms with Crippen LogP contribution in [0, 0.1) is 0 Å². The average Bonchev–Trinajstić information content (AvgIpc) is 1.97. The maximum Gasteiger partial charge on any atom is 0.110 e. The van der Waals surface area contributed by atoms with Crippen molar-refractivity contribution in [3.05, 3.63) is 0 Å². The molecule has 0 heterocycles. The van der Waals surface area contributed by atoms with Gasteiger partial charge in [-0.3, -0.25) is 0 Å². The van der Waals surface area contributed by atoms with Gasteiger partial charge >= 0.3 is 0 Å². The van der Waals surface area contributed by atoms with Gasteiger partial charge in [0.15, 0.2) is 0 Å². The highest BCUT2D eigenvalue weighted by Crippen LogP contribution is 2.18. The Bertz CT molecular complexity index is 129. The second kappa shape index (κ2) is 3.04. The lowest BCUT2D eigenvalue weighted by atomic mass is 9.86. The highest BCUT2D eigenvalue weighted by atomic mass is 16.4. The zero-order valence-electron chi connectivity index (χ0n) is 5.96. The van der Waals surface area contributed by atoms with Crippen molar-refractivity contribution in [2.24, 2.45) is 5.73 Å². The highest BCUT2D eigenvalue weighted by molar-refractivity contribution is 4.94. The molecule has 0 aromatic carbocycles. The van der Waals surface area contributed by atoms with E-state index in [4.69, 9.17) is 26.2 Å². The summed E-state index contributed by atoms with van der Waals surface area (Å²) in [5.74, 6) is 0. The van der Waals surface area contributed by atoms with E-state index in [1.165, 1.54) is 0 Å². The molecule has 5 heteroatoms. The number of aliphatic hydroxyl groups is 4. The molecular formula is C6H13NO4. The molecule has 0 radical (unpaired) electrons. The third-order valence-corrected chi connectivity index (χ3v) is 2.05. The lowest BCUT2D eigenvalue weighted by Gasteiger charge is -2.36. The van der Waals surface area contributed by atoms with Crippen molar-refractivity contribution in [3.8, 4) is 0 Å². The van der Waals surface area contributed by atoms with Gasteiger partial charge in [0, 0.05) is 6.04 Å². The van der Waals surface area contributed by atoms with Gasteiger partial charge in [0.2, 0.25) is 0 Å². The van der Waals surface area contributed by atoms with Crippen LogP contribution in [0.1, 0.15) is 6.42 Å². The maximum absolute atomic E-state index is 9.09. The van der Waals surface area contributed by atoms with Crippen LogP contribution in [0.4, 0.5) is 0 Å². The molecule has 1 fully saturated rings. The van der Waals surface area contributed by atoms with Crippen molar-refractivity contribution < 1.29 is 20.4 Å². The average molecular weight is 163 g/mol. The van der Waals surface area contributed by atoms with E-state index in [1.54, 1.807) is 0 Å². The predicted octanol–water partition coefficient (Wildman–Crippen LogP) is -2.84. The van der Waals surface area contributed by atoms with Crippen LogP contribution < -0.4 is 5.73 Å². The molecule has 0 aromatic rings. The lowest BCUT2D eigenvalue weighted by molar-refractivity contribution is -0.141. The molecule has 0 aliphatic heterocycles. The standard InChI is InChI=1S/C6H13NO4/c7-2-1-3(8)5(10)6(11)4(2)9/h2-6,8-11H,1,7H2/t2-,3+,4-,5+,6+/m0/s1. The van der Waals surface area contributed by atoms with E-state index in [-0.39, 0.29) is 6.42 Å². The summed E-state index contributed by atoms with van der Waals surface area (Å²) in [6.07, 6.45) is -4.70. The summed E-state index contributed by atoms with van der Waals surface area (Å²) in [5.41, 5.74) is 5.34. The number of aliphatic hydroxyl groups excluding tert-OH is 4. The van der Waals surface area contributed by atoms with E-state index in [1.807, 2.05) is 0 Å². The Morgan fingerprint density at radius 1 is 0.909 bits per heavy atom. The Labute approximate surface area is 64.1 Å². The first-order chi connectivity index (χ1) is 5.04. The second-order valence-corrected chi connectivity index (χ2v) is 2.94. The molecule has 0 bridgehead atoms. The minimum Gasteiger partial charge on any atom is -0.390 e. The van der Waals surface area contributed by atoms with Gasteiger partial charge in [-0.25, -0.2) is 0 Å². The molecule has 0 amide bonds. The van der Waals surface area contributed by atoms with Crippen molar-refractivity contribution >= 4 is 0 Å². The quantitative estimate of drug-likeness (QED) is 0.264. The fourth-order valence-electron chi connectivity index (χ4n) is 1.24. The van der Waals surface area contributed by atoms with Gasteiger partial charge in [-0.2, -0.15) is 0 Å². The van der Waals surface area contributed by atoms with Crippen molar-refractivity contribution in [3.63, 3.8) is 0 Å². The van der Waals surface area contributed by atoms with Crippen LogP contribution in [0.15, 0.2) is 0 Å². The van der Waals surface area contributed by atoms with E-state index in [0.717, 1.165) is 0 Å². The Morgan fingerprint density at radius 2 is 1.45 bits per heavy atom. The molecule has 1 saturated carbocycles. The molecule has 0 spiro atoms. The van der Waals surface area contributed by atoms with Gasteiger partial charge in [0.05, 0.1) is 12.2 Å². The first-order valence-corrected chi connectivity index (χ1v) is 3.52. The molecule has 0 saturated heterocycles. The van der Waals surface area contributed by atoms with Gasteiger partial charge in [0.1, 0.15) is 12.2 Å². The zero-order valence-corrected chi connectivity index (χ0v) is 5.96. The molecule has 0 unspecified atom stereocenters. The molecule has 0 aromatic heterocycles. The number of rotatable bonds is 0. The van der Waals surface area contributed by atoms with Crippen LogP contribution in [0.5, 0.6) is 0 Å². The van der Waals surface area contributed by atoms with Gasteiger partial charge in [-0.05, 0) is 6.42 Å². The fraction of sp³-hybridized carbons (Fsp3) is 1.00. The molecule has 66 valence electrons. The predicted molar refractivity (Wildman–Crippen MR) is 36.6 cm³/mol. The van der Waals surface area contributed by atoms with Crippen molar-refractivity contribution in [1.82, 2.24) is 0 Å². The van der Waals surface area contributed by atoms with E-state index in [0.29, 0.717) is 0 Å². The normalized spacial score (nSPS) is 52.6. The molecule has 1 aliphatic carbocycles. The first-order valence-electron chi connectivity index (χ1n) is 3.52. The number of hydrogen-bond acceptors (Lipinski definition) is 5. The third kappa shape index (κ3) is 1.52. The topological polar surface area (TPSA) is 107 Å². The summed E-state index contributed by atoms with van der Waals surface area (Å²) in [6, 6.07) is -0.664. The smallest absolute Gasteiger partial charge is 0.110 e. The molecule has 5 nitrogen and oxygen atoms in total. The molecular weight excluding hydrogens is 150 g/mol. The Morgan fingerprint density at radius 3 is 2.00 bits per heavy atom. The number of hydrogen-bond donors (Lipinski definition) is 5. The monoisotopic (exact) mass is 163 g/mol. The zero-order chi connectivity index (χ0) is 8.59. The summed E-state index contributed by atoms with van der Waals surface area (Å²) in [4.78, 5) is 0. The van der Waals surface area contributed by atoms with Gasteiger partial charge in [-0.15, -0.1) is 0 Å². The molecule has 6 N–H and O–H groups in total. The maximum atomic E-state index is 9.09. The van der Waals surface area contributed by atoms with Crippen LogP contribution in [0.25, 0.3) is 0 Å². The highest BCUT2D eigenvalue weighted by Gasteiger charge is 2.40. The lowest BCUT2D eigenvalue weighted by Crippen LogP contribution is -2.58. The van der Waals surface area contributed by atoms with Crippen LogP contribution in [0.2, 0.25) is 0 Å². The Hall–Kier alpha value is -0.200. The van der Waals surface area contributed by atoms with Crippen molar-refractivity contribution in [1.29, 1.82) is 0 Å². The first kappa shape index (κ1) is 8.89. The minimum absolute atomic E-state index is 0.111. The summed E-state index contributed by atoms with van der Waals surface area (Å²) in [6.45, 7) is 0. The van der Waals surface area contributed by atoms with Gasteiger partial charge in [-0.1, -0.05) is 0 Å². The van der Waals surface area contributed by atoms with Crippen molar-refractivity contribution in [2.75, 3.05) is 0 Å². The van der Waals surface area contributed by atoms with Crippen LogP contribution in [-0.2, 0) is 0 Å². The summed E-state index contributed by atoms with van der Waals surface area (Å²) in [7, 11) is 0. The summed E-state index contributed by atoms with van der Waals surface area (Å²) in [5, 5.41) is 36.2. The van der Waals surface area contributed by atoms with E-state index in [9.17, 15) is 0 Å². The third-order valence-electron chi connectivity index (χ3n) is 2.05. The van der Waals surface area contributed by atoms with E-state index >= 15 is 0 Å². The molecule has 11 heavy (non-hydrogen) atoms. The van der Waals surface area contributed by atoms with Gasteiger partial charge in [0.25, 0.3) is 0 Å². The number of nitrogens with two attached hydrogens (primary N) is 1. The fourth-order valence-corrected chi connectivity index (χ4v) is 1.24. The second-order valence-electron chi connectivity index (χ2n) is 2.94. The van der Waals surface area contributed by atoms with E-state index in [2.05, 4.69) is 0 Å². The van der Waals surface area contributed by atoms with Crippen LogP contribution >= 0.6 is 0 Å². The Kier molecular flexibility index (Phi) is 2.46. The SMILES string of the molecule is N[C@H]1C[C@@H](O)[C@@H](O)[C@H](O)[C@H]1O. The Balaban J connectivity index is 2.63. The van der Waals surface area contributed by atoms with Crippen LogP contribution in [-0.4, -0.2) is 50.9 Å².